The molecule has 0 N–H and O–H groups in total. The van der Waals surface area contributed by atoms with Gasteiger partial charge >= 0.3 is 11.9 Å². The first-order chi connectivity index (χ1) is 7.10. The lowest BCUT2D eigenvalue weighted by Gasteiger charge is -2.08. The number of carbonyl (C=O) groups is 2. The van der Waals surface area contributed by atoms with Gasteiger partial charge in [-0.05, 0) is 6.42 Å². The third kappa shape index (κ3) is 8.48. The van der Waals surface area contributed by atoms with Gasteiger partial charge in [-0.1, -0.05) is 33.1 Å². The molecule has 88 valence electrons. The van der Waals surface area contributed by atoms with Crippen LogP contribution in [0.25, 0.3) is 0 Å². The molecule has 0 saturated carbocycles. The molecule has 0 aliphatic rings. The van der Waals surface area contributed by atoms with E-state index >= 15 is 0 Å². The molecule has 1 atom stereocenters. The van der Waals surface area contributed by atoms with E-state index in [1.807, 2.05) is 0 Å². The minimum Gasteiger partial charge on any atom is -0.393 e. The number of rotatable bonds is 7. The van der Waals surface area contributed by atoms with Crippen LogP contribution in [0, 0.1) is 0 Å². The van der Waals surface area contributed by atoms with Gasteiger partial charge in [0.2, 0.25) is 0 Å². The summed E-state index contributed by atoms with van der Waals surface area (Å²) >= 11 is 4.28. The Morgan fingerprint density at radius 1 is 1.20 bits per heavy atom. The van der Waals surface area contributed by atoms with E-state index in [-0.39, 0.29) is 18.1 Å². The number of ether oxygens (including phenoxy) is 1. The number of carbonyl (C=O) groups excluding carboxylic acids is 2. The van der Waals surface area contributed by atoms with Crippen LogP contribution < -0.4 is 0 Å². The SMILES string of the molecule is CCCCCC(S)CC(=O)OC(=O)CC. The van der Waals surface area contributed by atoms with Gasteiger partial charge in [0.05, 0.1) is 6.42 Å². The van der Waals surface area contributed by atoms with Gasteiger partial charge in [-0.25, -0.2) is 0 Å². The van der Waals surface area contributed by atoms with Gasteiger partial charge in [0, 0.05) is 11.7 Å². The van der Waals surface area contributed by atoms with Crippen molar-refractivity contribution in [2.24, 2.45) is 0 Å². The zero-order valence-corrected chi connectivity index (χ0v) is 10.4. The maximum Gasteiger partial charge on any atom is 0.314 e. The van der Waals surface area contributed by atoms with Gasteiger partial charge < -0.3 is 4.74 Å². The Balaban J connectivity index is 3.62. The molecule has 15 heavy (non-hydrogen) atoms. The predicted octanol–water partition coefficient (Wildman–Crippen LogP) is 2.74. The largest absolute Gasteiger partial charge is 0.393 e. The lowest BCUT2D eigenvalue weighted by molar-refractivity contribution is -0.159. The maximum absolute atomic E-state index is 11.2. The molecule has 0 saturated heterocycles. The molecule has 1 unspecified atom stereocenters. The summed E-state index contributed by atoms with van der Waals surface area (Å²) in [5.41, 5.74) is 0. The van der Waals surface area contributed by atoms with Crippen molar-refractivity contribution in [3.05, 3.63) is 0 Å². The van der Waals surface area contributed by atoms with Crippen LogP contribution >= 0.6 is 12.6 Å². The normalized spacial score (nSPS) is 12.2. The second-order valence-electron chi connectivity index (χ2n) is 3.55. The molecule has 0 rings (SSSR count). The molecule has 0 aliphatic carbocycles. The minimum absolute atomic E-state index is 0.00806. The van der Waals surface area contributed by atoms with Crippen molar-refractivity contribution in [1.29, 1.82) is 0 Å². The fourth-order valence-corrected chi connectivity index (χ4v) is 1.50. The molecule has 4 heteroatoms. The number of unbranched alkanes of at least 4 members (excludes halogenated alkanes) is 2. The van der Waals surface area contributed by atoms with Gasteiger partial charge in [0.1, 0.15) is 0 Å². The van der Waals surface area contributed by atoms with Crippen LogP contribution in [0.1, 0.15) is 52.4 Å². The molecule has 3 nitrogen and oxygen atoms in total. The molecule has 0 bridgehead atoms. The zero-order valence-electron chi connectivity index (χ0n) is 9.49. The topological polar surface area (TPSA) is 43.4 Å². The molecule has 0 aromatic carbocycles. The first-order valence-corrected chi connectivity index (χ1v) is 6.03. The Bertz CT molecular complexity index is 204. The van der Waals surface area contributed by atoms with Gasteiger partial charge in [-0.3, -0.25) is 9.59 Å². The fourth-order valence-electron chi connectivity index (χ4n) is 1.17. The summed E-state index contributed by atoms with van der Waals surface area (Å²) in [7, 11) is 0. The molecular weight excluding hydrogens is 212 g/mol. The van der Waals surface area contributed by atoms with E-state index in [1.54, 1.807) is 6.92 Å². The van der Waals surface area contributed by atoms with Crippen molar-refractivity contribution in [2.75, 3.05) is 0 Å². The van der Waals surface area contributed by atoms with Crippen LogP contribution in [0.3, 0.4) is 0 Å². The average molecular weight is 232 g/mol. The Kier molecular flexibility index (Phi) is 8.47. The van der Waals surface area contributed by atoms with Crippen LogP contribution in [0.4, 0.5) is 0 Å². The quantitative estimate of drug-likeness (QED) is 0.318. The Morgan fingerprint density at radius 3 is 2.40 bits per heavy atom. The van der Waals surface area contributed by atoms with Gasteiger partial charge in [0.25, 0.3) is 0 Å². The van der Waals surface area contributed by atoms with Crippen molar-refractivity contribution >= 4 is 24.6 Å². The summed E-state index contributed by atoms with van der Waals surface area (Å²) < 4.78 is 4.55. The van der Waals surface area contributed by atoms with Gasteiger partial charge in [-0.2, -0.15) is 12.6 Å². The summed E-state index contributed by atoms with van der Waals surface area (Å²) in [5, 5.41) is 0.00806. The highest BCUT2D eigenvalue weighted by atomic mass is 32.1. The summed E-state index contributed by atoms with van der Waals surface area (Å²) in [6.07, 6.45) is 4.72. The molecule has 0 fully saturated rings. The molecule has 0 spiro atoms. The van der Waals surface area contributed by atoms with E-state index in [0.717, 1.165) is 25.7 Å². The fraction of sp³-hybridized carbons (Fsp3) is 0.818. The Labute approximate surface area is 97.0 Å². The summed E-state index contributed by atoms with van der Waals surface area (Å²) in [5.74, 6) is -0.924. The molecule has 0 amide bonds. The van der Waals surface area contributed by atoms with Crippen molar-refractivity contribution in [1.82, 2.24) is 0 Å². The molecule has 0 heterocycles. The Hall–Kier alpha value is -0.510. The maximum atomic E-state index is 11.2. The predicted molar refractivity (Wildman–Crippen MR) is 62.9 cm³/mol. The standard InChI is InChI=1S/C11H20O3S/c1-3-5-6-7-9(15)8-11(13)14-10(12)4-2/h9,15H,3-8H2,1-2H3. The molecule has 0 aromatic rings. The van der Waals surface area contributed by atoms with E-state index in [0.29, 0.717) is 0 Å². The van der Waals surface area contributed by atoms with Crippen molar-refractivity contribution < 1.29 is 14.3 Å². The second kappa shape index (κ2) is 8.77. The van der Waals surface area contributed by atoms with E-state index in [9.17, 15) is 9.59 Å². The highest BCUT2D eigenvalue weighted by Gasteiger charge is 2.13. The molecule has 0 aliphatic heterocycles. The number of hydrogen-bond donors (Lipinski definition) is 1. The van der Waals surface area contributed by atoms with Crippen molar-refractivity contribution in [2.45, 2.75) is 57.6 Å². The van der Waals surface area contributed by atoms with Gasteiger partial charge in [-0.15, -0.1) is 0 Å². The number of thiol groups is 1. The van der Waals surface area contributed by atoms with E-state index < -0.39 is 11.9 Å². The average Bonchev–Trinajstić information content (AvgIpc) is 2.17. The zero-order chi connectivity index (χ0) is 11.7. The monoisotopic (exact) mass is 232 g/mol. The minimum atomic E-state index is -0.464. The smallest absolute Gasteiger partial charge is 0.314 e. The molecule has 0 radical (unpaired) electrons. The van der Waals surface area contributed by atoms with Crippen molar-refractivity contribution in [3.8, 4) is 0 Å². The summed E-state index contributed by atoms with van der Waals surface area (Å²) in [6, 6.07) is 0. The van der Waals surface area contributed by atoms with E-state index in [4.69, 9.17) is 0 Å². The third-order valence-electron chi connectivity index (χ3n) is 2.06. The Morgan fingerprint density at radius 2 is 1.87 bits per heavy atom. The highest BCUT2D eigenvalue weighted by molar-refractivity contribution is 7.81. The van der Waals surface area contributed by atoms with Crippen LogP contribution in [-0.4, -0.2) is 17.2 Å². The van der Waals surface area contributed by atoms with E-state index in [1.165, 1.54) is 0 Å². The first-order valence-electron chi connectivity index (χ1n) is 5.51. The number of hydrogen-bond acceptors (Lipinski definition) is 4. The number of esters is 2. The second-order valence-corrected chi connectivity index (χ2v) is 4.28. The lowest BCUT2D eigenvalue weighted by atomic mass is 10.1. The van der Waals surface area contributed by atoms with Crippen LogP contribution in [0.2, 0.25) is 0 Å². The highest BCUT2D eigenvalue weighted by Crippen LogP contribution is 2.12. The van der Waals surface area contributed by atoms with Crippen LogP contribution in [0.15, 0.2) is 0 Å². The van der Waals surface area contributed by atoms with Crippen LogP contribution in [0.5, 0.6) is 0 Å². The summed E-state index contributed by atoms with van der Waals surface area (Å²) in [4.78, 5) is 22.0. The lowest BCUT2D eigenvalue weighted by Crippen LogP contribution is -2.15. The van der Waals surface area contributed by atoms with Crippen molar-refractivity contribution in [3.63, 3.8) is 0 Å². The molecular formula is C11H20O3S. The molecule has 0 aromatic heterocycles. The first kappa shape index (κ1) is 14.5. The summed E-state index contributed by atoms with van der Waals surface area (Å²) in [6.45, 7) is 3.79. The van der Waals surface area contributed by atoms with Crippen LogP contribution in [-0.2, 0) is 14.3 Å². The third-order valence-corrected chi connectivity index (χ3v) is 2.50. The van der Waals surface area contributed by atoms with E-state index in [2.05, 4.69) is 24.3 Å². The van der Waals surface area contributed by atoms with Gasteiger partial charge in [0.15, 0.2) is 0 Å².